The summed E-state index contributed by atoms with van der Waals surface area (Å²) in [5.74, 6) is 0.527. The van der Waals surface area contributed by atoms with Crippen molar-refractivity contribution in [1.29, 1.82) is 0 Å². The Bertz CT molecular complexity index is 331. The van der Waals surface area contributed by atoms with Crippen molar-refractivity contribution in [1.82, 2.24) is 4.98 Å². The fourth-order valence-electron chi connectivity index (χ4n) is 1.83. The van der Waals surface area contributed by atoms with Gasteiger partial charge in [-0.1, -0.05) is 13.8 Å². The van der Waals surface area contributed by atoms with Gasteiger partial charge in [-0.05, 0) is 45.9 Å². The average molecular weight is 287 g/mol. The maximum atomic E-state index is 10.1. The molecule has 0 aliphatic heterocycles. The molecule has 16 heavy (non-hydrogen) atoms. The quantitative estimate of drug-likeness (QED) is 0.870. The predicted molar refractivity (Wildman–Crippen MR) is 69.0 cm³/mol. The fraction of sp³-hybridized carbons (Fsp3) is 0.583. The van der Waals surface area contributed by atoms with E-state index in [1.807, 2.05) is 6.07 Å². The largest absolute Gasteiger partial charge is 0.392 e. The van der Waals surface area contributed by atoms with Crippen molar-refractivity contribution in [3.63, 3.8) is 0 Å². The van der Waals surface area contributed by atoms with E-state index in [-0.39, 0.29) is 5.92 Å². The zero-order valence-electron chi connectivity index (χ0n) is 9.73. The van der Waals surface area contributed by atoms with Crippen molar-refractivity contribution in [2.24, 2.45) is 17.6 Å². The molecule has 2 unspecified atom stereocenters. The average Bonchev–Trinajstić information content (AvgIpc) is 2.17. The minimum atomic E-state index is -0.402. The first-order chi connectivity index (χ1) is 7.54. The molecule has 1 heterocycles. The smallest absolute Gasteiger partial charge is 0.0623 e. The maximum Gasteiger partial charge on any atom is 0.0623 e. The van der Waals surface area contributed by atoms with Gasteiger partial charge in [0.05, 0.1) is 6.10 Å². The van der Waals surface area contributed by atoms with Gasteiger partial charge in [0.15, 0.2) is 0 Å². The molecule has 1 aromatic rings. The van der Waals surface area contributed by atoms with E-state index in [1.54, 1.807) is 12.4 Å². The summed E-state index contributed by atoms with van der Waals surface area (Å²) < 4.78 is 0.936. The van der Waals surface area contributed by atoms with Gasteiger partial charge in [0.25, 0.3) is 0 Å². The lowest BCUT2D eigenvalue weighted by Crippen LogP contribution is -2.33. The molecular formula is C12H19BrN2O. The highest BCUT2D eigenvalue weighted by molar-refractivity contribution is 9.10. The number of hydrogen-bond acceptors (Lipinski definition) is 3. The summed E-state index contributed by atoms with van der Waals surface area (Å²) in [6, 6.07) is 1.98. The molecular weight excluding hydrogens is 268 g/mol. The highest BCUT2D eigenvalue weighted by Gasteiger charge is 2.21. The van der Waals surface area contributed by atoms with Gasteiger partial charge in [-0.25, -0.2) is 0 Å². The van der Waals surface area contributed by atoms with Crippen molar-refractivity contribution < 1.29 is 5.11 Å². The second-order valence-corrected chi connectivity index (χ2v) is 5.34. The van der Waals surface area contributed by atoms with Crippen LogP contribution in [-0.4, -0.2) is 22.7 Å². The second kappa shape index (κ2) is 6.33. The minimum Gasteiger partial charge on any atom is -0.392 e. The Hall–Kier alpha value is -0.450. The van der Waals surface area contributed by atoms with Crippen LogP contribution < -0.4 is 5.73 Å². The number of nitrogens with two attached hydrogens (primary N) is 1. The number of aliphatic hydroxyl groups excluding tert-OH is 1. The number of hydrogen-bond donors (Lipinski definition) is 2. The number of pyridine rings is 1. The van der Waals surface area contributed by atoms with Crippen LogP contribution in [0.2, 0.25) is 0 Å². The lowest BCUT2D eigenvalue weighted by molar-refractivity contribution is 0.0863. The first-order valence-electron chi connectivity index (χ1n) is 5.52. The molecule has 0 radical (unpaired) electrons. The molecule has 1 rings (SSSR count). The Morgan fingerprint density at radius 2 is 2.12 bits per heavy atom. The van der Waals surface area contributed by atoms with Crippen LogP contribution in [-0.2, 0) is 6.42 Å². The molecule has 0 aliphatic rings. The van der Waals surface area contributed by atoms with Gasteiger partial charge in [-0.2, -0.15) is 0 Å². The molecule has 0 fully saturated rings. The maximum absolute atomic E-state index is 10.1. The zero-order chi connectivity index (χ0) is 12.1. The Labute approximate surface area is 105 Å². The predicted octanol–water partition coefficient (Wildman–Crippen LogP) is 1.98. The van der Waals surface area contributed by atoms with E-state index < -0.39 is 6.10 Å². The van der Waals surface area contributed by atoms with Crippen LogP contribution in [0, 0.1) is 11.8 Å². The van der Waals surface area contributed by atoms with E-state index in [1.165, 1.54) is 0 Å². The Morgan fingerprint density at radius 3 is 2.62 bits per heavy atom. The SMILES string of the molecule is CC(C)C(CN)C(O)Cc1cncc(Br)c1. The number of aromatic nitrogens is 1. The number of rotatable bonds is 5. The molecule has 4 heteroatoms. The lowest BCUT2D eigenvalue weighted by atomic mass is 9.87. The van der Waals surface area contributed by atoms with Crippen molar-refractivity contribution in [2.75, 3.05) is 6.54 Å². The van der Waals surface area contributed by atoms with Crippen molar-refractivity contribution in [2.45, 2.75) is 26.4 Å². The van der Waals surface area contributed by atoms with Gasteiger partial charge in [0.1, 0.15) is 0 Å². The van der Waals surface area contributed by atoms with Crippen molar-refractivity contribution >= 4 is 15.9 Å². The third-order valence-electron chi connectivity index (χ3n) is 2.83. The van der Waals surface area contributed by atoms with Gasteiger partial charge in [0, 0.05) is 23.3 Å². The standard InChI is InChI=1S/C12H19BrN2O/c1-8(2)11(5-14)12(16)4-9-3-10(13)7-15-6-9/h3,6-8,11-12,16H,4-5,14H2,1-2H3. The van der Waals surface area contributed by atoms with E-state index in [2.05, 4.69) is 34.8 Å². The Kier molecular flexibility index (Phi) is 5.38. The third-order valence-corrected chi connectivity index (χ3v) is 3.26. The summed E-state index contributed by atoms with van der Waals surface area (Å²) in [7, 11) is 0. The molecule has 0 aromatic carbocycles. The monoisotopic (exact) mass is 286 g/mol. The summed E-state index contributed by atoms with van der Waals surface area (Å²) in [5, 5.41) is 10.1. The molecule has 3 nitrogen and oxygen atoms in total. The Morgan fingerprint density at radius 1 is 1.44 bits per heavy atom. The van der Waals surface area contributed by atoms with Crippen LogP contribution in [0.1, 0.15) is 19.4 Å². The minimum absolute atomic E-state index is 0.138. The molecule has 3 N–H and O–H groups in total. The normalized spacial score (nSPS) is 15.1. The summed E-state index contributed by atoms with van der Waals surface area (Å²) in [4.78, 5) is 4.08. The van der Waals surface area contributed by atoms with E-state index >= 15 is 0 Å². The summed E-state index contributed by atoms with van der Waals surface area (Å²) in [6.45, 7) is 4.68. The first-order valence-corrected chi connectivity index (χ1v) is 6.31. The van der Waals surface area contributed by atoms with Crippen LogP contribution in [0.15, 0.2) is 22.9 Å². The van der Waals surface area contributed by atoms with Gasteiger partial charge in [-0.3, -0.25) is 4.98 Å². The molecule has 0 aliphatic carbocycles. The Balaban J connectivity index is 2.66. The topological polar surface area (TPSA) is 59.1 Å². The van der Waals surface area contributed by atoms with Crippen molar-refractivity contribution in [3.8, 4) is 0 Å². The van der Waals surface area contributed by atoms with Gasteiger partial charge in [0.2, 0.25) is 0 Å². The number of nitrogens with zero attached hydrogens (tertiary/aromatic N) is 1. The van der Waals surface area contributed by atoms with E-state index in [0.717, 1.165) is 10.0 Å². The summed E-state index contributed by atoms with van der Waals surface area (Å²) >= 11 is 3.37. The first kappa shape index (κ1) is 13.6. The second-order valence-electron chi connectivity index (χ2n) is 4.43. The van der Waals surface area contributed by atoms with Gasteiger partial charge >= 0.3 is 0 Å². The molecule has 90 valence electrons. The molecule has 0 saturated heterocycles. The molecule has 1 aromatic heterocycles. The third kappa shape index (κ3) is 3.85. The molecule has 0 bridgehead atoms. The number of aliphatic hydroxyl groups is 1. The molecule has 0 saturated carbocycles. The van der Waals surface area contributed by atoms with Crippen LogP contribution >= 0.6 is 15.9 Å². The van der Waals surface area contributed by atoms with E-state index in [0.29, 0.717) is 18.9 Å². The van der Waals surface area contributed by atoms with Crippen LogP contribution in [0.5, 0.6) is 0 Å². The summed E-state index contributed by atoms with van der Waals surface area (Å²) in [6.07, 6.45) is 3.72. The van der Waals surface area contributed by atoms with E-state index in [9.17, 15) is 5.11 Å². The lowest BCUT2D eigenvalue weighted by Gasteiger charge is -2.24. The molecule has 0 amide bonds. The van der Waals surface area contributed by atoms with E-state index in [4.69, 9.17) is 5.73 Å². The molecule has 0 spiro atoms. The summed E-state index contributed by atoms with van der Waals surface area (Å²) in [5.41, 5.74) is 6.70. The van der Waals surface area contributed by atoms with Gasteiger partial charge < -0.3 is 10.8 Å². The van der Waals surface area contributed by atoms with Crippen LogP contribution in [0.25, 0.3) is 0 Å². The van der Waals surface area contributed by atoms with Crippen LogP contribution in [0.4, 0.5) is 0 Å². The zero-order valence-corrected chi connectivity index (χ0v) is 11.3. The molecule has 2 atom stereocenters. The highest BCUT2D eigenvalue weighted by Crippen LogP contribution is 2.19. The number of halogens is 1. The van der Waals surface area contributed by atoms with Crippen molar-refractivity contribution in [3.05, 3.63) is 28.5 Å². The fourth-order valence-corrected chi connectivity index (χ4v) is 2.25. The van der Waals surface area contributed by atoms with Crippen LogP contribution in [0.3, 0.4) is 0 Å². The highest BCUT2D eigenvalue weighted by atomic mass is 79.9. The van der Waals surface area contributed by atoms with Gasteiger partial charge in [-0.15, -0.1) is 0 Å².